The van der Waals surface area contributed by atoms with Gasteiger partial charge in [-0.05, 0) is 28.9 Å². The summed E-state index contributed by atoms with van der Waals surface area (Å²) < 4.78 is 10.5. The third-order valence-electron chi connectivity index (χ3n) is 1.78. The zero-order valence-corrected chi connectivity index (χ0v) is 10.1. The van der Waals surface area contributed by atoms with Crippen LogP contribution in [0.1, 0.15) is 17.3 Å². The van der Waals surface area contributed by atoms with Crippen LogP contribution in [0.3, 0.4) is 0 Å². The summed E-state index contributed by atoms with van der Waals surface area (Å²) in [5, 5.41) is 0. The third kappa shape index (κ3) is 2.62. The molecule has 0 radical (unpaired) electrons. The predicted molar refractivity (Wildman–Crippen MR) is 61.1 cm³/mol. The largest absolute Gasteiger partial charge is 0.496 e. The van der Waals surface area contributed by atoms with Crippen LogP contribution < -0.4 is 10.5 Å². The number of carbonyl (C=O) groups excluding carboxylic acids is 1. The summed E-state index contributed by atoms with van der Waals surface area (Å²) in [7, 11) is 1.48. The Balaban J connectivity index is 3.20. The highest BCUT2D eigenvalue weighted by Crippen LogP contribution is 2.30. The van der Waals surface area contributed by atoms with Crippen LogP contribution in [0.15, 0.2) is 16.6 Å². The van der Waals surface area contributed by atoms with Crippen molar-refractivity contribution in [3.63, 3.8) is 0 Å². The number of methoxy groups -OCH3 is 1. The maximum atomic E-state index is 11.6. The van der Waals surface area contributed by atoms with Gasteiger partial charge in [-0.2, -0.15) is 0 Å². The minimum atomic E-state index is -0.429. The molecular weight excluding hydrogens is 262 g/mol. The number of carbonyl (C=O) groups is 1. The van der Waals surface area contributed by atoms with Crippen LogP contribution in [0.4, 0.5) is 5.69 Å². The van der Waals surface area contributed by atoms with Gasteiger partial charge in [0.25, 0.3) is 0 Å². The summed E-state index contributed by atoms with van der Waals surface area (Å²) in [6, 6.07) is 3.21. The number of hydrogen-bond acceptors (Lipinski definition) is 4. The summed E-state index contributed by atoms with van der Waals surface area (Å²) in [4.78, 5) is 11.6. The van der Waals surface area contributed by atoms with E-state index in [-0.39, 0.29) is 0 Å². The molecule has 4 nitrogen and oxygen atoms in total. The molecule has 2 N–H and O–H groups in total. The number of nitrogen functional groups attached to an aromatic ring is 1. The average Bonchev–Trinajstić information content (AvgIpc) is 2.16. The highest BCUT2D eigenvalue weighted by molar-refractivity contribution is 9.10. The molecule has 0 spiro atoms. The Labute approximate surface area is 96.5 Å². The second-order valence-electron chi connectivity index (χ2n) is 2.80. The van der Waals surface area contributed by atoms with Gasteiger partial charge in [0.05, 0.1) is 13.7 Å². The summed E-state index contributed by atoms with van der Waals surface area (Å²) >= 11 is 3.25. The van der Waals surface area contributed by atoms with Gasteiger partial charge >= 0.3 is 5.97 Å². The Kier molecular flexibility index (Phi) is 3.96. The van der Waals surface area contributed by atoms with Gasteiger partial charge in [0.2, 0.25) is 0 Å². The first-order valence-corrected chi connectivity index (χ1v) is 5.19. The lowest BCUT2D eigenvalue weighted by Gasteiger charge is -2.10. The number of nitrogens with two attached hydrogens (primary N) is 1. The van der Waals surface area contributed by atoms with E-state index < -0.39 is 5.97 Å². The van der Waals surface area contributed by atoms with Crippen molar-refractivity contribution in [1.29, 1.82) is 0 Å². The molecule has 0 aliphatic heterocycles. The zero-order valence-electron chi connectivity index (χ0n) is 8.54. The molecule has 1 rings (SSSR count). The molecule has 82 valence electrons. The summed E-state index contributed by atoms with van der Waals surface area (Å²) in [5.74, 6) is -0.0263. The molecule has 0 unspecified atom stereocenters. The maximum absolute atomic E-state index is 11.6. The minimum absolute atomic E-state index is 0.318. The van der Waals surface area contributed by atoms with Gasteiger partial charge in [0, 0.05) is 16.2 Å². The van der Waals surface area contributed by atoms with Crippen LogP contribution in [0.25, 0.3) is 0 Å². The van der Waals surface area contributed by atoms with Crippen molar-refractivity contribution < 1.29 is 14.3 Å². The Morgan fingerprint density at radius 1 is 1.53 bits per heavy atom. The lowest BCUT2D eigenvalue weighted by atomic mass is 10.2. The van der Waals surface area contributed by atoms with E-state index in [1.54, 1.807) is 19.1 Å². The monoisotopic (exact) mass is 273 g/mol. The fourth-order valence-electron chi connectivity index (χ4n) is 1.16. The lowest BCUT2D eigenvalue weighted by molar-refractivity contribution is 0.0521. The highest BCUT2D eigenvalue weighted by Gasteiger charge is 2.17. The second kappa shape index (κ2) is 5.02. The lowest BCUT2D eigenvalue weighted by Crippen LogP contribution is -2.08. The molecule has 0 fully saturated rings. The quantitative estimate of drug-likeness (QED) is 0.678. The number of esters is 1. The normalized spacial score (nSPS) is 9.80. The fraction of sp³-hybridized carbons (Fsp3) is 0.300. The first-order chi connectivity index (χ1) is 7.10. The number of rotatable bonds is 3. The first kappa shape index (κ1) is 11.8. The number of anilines is 1. The van der Waals surface area contributed by atoms with Crippen molar-refractivity contribution >= 4 is 27.6 Å². The van der Waals surface area contributed by atoms with Crippen LogP contribution in [0, 0.1) is 0 Å². The second-order valence-corrected chi connectivity index (χ2v) is 3.65. The standard InChI is InChI=1S/C10H12BrNO3/c1-3-15-10(13)9-7(11)4-6(12)5-8(9)14-2/h4-5H,3,12H2,1-2H3. The van der Waals surface area contributed by atoms with Gasteiger partial charge < -0.3 is 15.2 Å². The molecule has 0 amide bonds. The van der Waals surface area contributed by atoms with Crippen LogP contribution >= 0.6 is 15.9 Å². The molecular formula is C10H12BrNO3. The predicted octanol–water partition coefficient (Wildman–Crippen LogP) is 2.22. The number of benzene rings is 1. The molecule has 0 bridgehead atoms. The SMILES string of the molecule is CCOC(=O)c1c(Br)cc(N)cc1OC. The van der Waals surface area contributed by atoms with Crippen molar-refractivity contribution in [2.45, 2.75) is 6.92 Å². The maximum Gasteiger partial charge on any atom is 0.343 e. The van der Waals surface area contributed by atoms with Crippen molar-refractivity contribution in [3.05, 3.63) is 22.2 Å². The molecule has 0 saturated carbocycles. The summed E-state index contributed by atoms with van der Waals surface area (Å²) in [6.07, 6.45) is 0. The molecule has 1 aromatic carbocycles. The molecule has 5 heteroatoms. The smallest absolute Gasteiger partial charge is 0.343 e. The molecule has 15 heavy (non-hydrogen) atoms. The van der Waals surface area contributed by atoms with Gasteiger partial charge in [-0.1, -0.05) is 0 Å². The highest BCUT2D eigenvalue weighted by atomic mass is 79.9. The third-order valence-corrected chi connectivity index (χ3v) is 2.40. The van der Waals surface area contributed by atoms with E-state index in [4.69, 9.17) is 15.2 Å². The van der Waals surface area contributed by atoms with E-state index >= 15 is 0 Å². The first-order valence-electron chi connectivity index (χ1n) is 4.40. The van der Waals surface area contributed by atoms with Crippen molar-refractivity contribution in [1.82, 2.24) is 0 Å². The van der Waals surface area contributed by atoms with E-state index in [1.807, 2.05) is 0 Å². The van der Waals surface area contributed by atoms with Crippen LogP contribution in [0.2, 0.25) is 0 Å². The number of halogens is 1. The van der Waals surface area contributed by atoms with E-state index in [0.29, 0.717) is 28.1 Å². The van der Waals surface area contributed by atoms with Gasteiger partial charge in [-0.15, -0.1) is 0 Å². The van der Waals surface area contributed by atoms with E-state index in [0.717, 1.165) is 0 Å². The van der Waals surface area contributed by atoms with E-state index in [1.165, 1.54) is 7.11 Å². The number of ether oxygens (including phenoxy) is 2. The Bertz CT molecular complexity index is 379. The van der Waals surface area contributed by atoms with E-state index in [9.17, 15) is 4.79 Å². The molecule has 0 aliphatic carbocycles. The average molecular weight is 274 g/mol. The van der Waals surface area contributed by atoms with Crippen LogP contribution in [-0.4, -0.2) is 19.7 Å². The Morgan fingerprint density at radius 3 is 2.73 bits per heavy atom. The Morgan fingerprint density at radius 2 is 2.20 bits per heavy atom. The summed E-state index contributed by atoms with van der Waals surface area (Å²) in [6.45, 7) is 2.06. The Hall–Kier alpha value is -1.23. The van der Waals surface area contributed by atoms with Gasteiger partial charge in [-0.25, -0.2) is 4.79 Å². The topological polar surface area (TPSA) is 61.5 Å². The molecule has 0 aliphatic rings. The molecule has 0 aromatic heterocycles. The molecule has 1 aromatic rings. The summed E-state index contributed by atoms with van der Waals surface area (Å²) in [5.41, 5.74) is 6.49. The fourth-order valence-corrected chi connectivity index (χ4v) is 1.79. The van der Waals surface area contributed by atoms with Gasteiger partial charge in [-0.3, -0.25) is 0 Å². The molecule has 0 heterocycles. The minimum Gasteiger partial charge on any atom is -0.496 e. The van der Waals surface area contributed by atoms with Gasteiger partial charge in [0.1, 0.15) is 11.3 Å². The van der Waals surface area contributed by atoms with E-state index in [2.05, 4.69) is 15.9 Å². The molecule has 0 saturated heterocycles. The number of hydrogen-bond donors (Lipinski definition) is 1. The zero-order chi connectivity index (χ0) is 11.4. The van der Waals surface area contributed by atoms with Gasteiger partial charge in [0.15, 0.2) is 0 Å². The van der Waals surface area contributed by atoms with Crippen molar-refractivity contribution in [2.75, 3.05) is 19.5 Å². The van der Waals surface area contributed by atoms with Crippen LogP contribution in [-0.2, 0) is 4.74 Å². The van der Waals surface area contributed by atoms with Crippen LogP contribution in [0.5, 0.6) is 5.75 Å². The van der Waals surface area contributed by atoms with Crippen molar-refractivity contribution in [2.24, 2.45) is 0 Å². The van der Waals surface area contributed by atoms with Crippen molar-refractivity contribution in [3.8, 4) is 5.75 Å². The molecule has 0 atom stereocenters.